The molecule has 1 N–H and O–H groups in total. The molecule has 0 aliphatic carbocycles. The lowest BCUT2D eigenvalue weighted by atomic mass is 9.93. The van der Waals surface area contributed by atoms with Crippen LogP contribution >= 0.6 is 0 Å². The second-order valence-corrected chi connectivity index (χ2v) is 8.28. The molecule has 0 bridgehead atoms. The first kappa shape index (κ1) is 19.8. The third-order valence-electron chi connectivity index (χ3n) is 6.12. The van der Waals surface area contributed by atoms with Crippen LogP contribution < -0.4 is 25.2 Å². The lowest BCUT2D eigenvalue weighted by Crippen LogP contribution is -2.44. The van der Waals surface area contributed by atoms with E-state index in [1.807, 2.05) is 12.1 Å². The Labute approximate surface area is 180 Å². The van der Waals surface area contributed by atoms with Crippen LogP contribution in [0.2, 0.25) is 0 Å². The monoisotopic (exact) mass is 422 g/mol. The maximum atomic E-state index is 12.1. The highest BCUT2D eigenvalue weighted by Gasteiger charge is 2.27. The average molecular weight is 422 g/mol. The second kappa shape index (κ2) is 8.15. The van der Waals surface area contributed by atoms with E-state index in [-0.39, 0.29) is 11.7 Å². The van der Waals surface area contributed by atoms with Gasteiger partial charge in [-0.05, 0) is 48.2 Å². The molecule has 3 aromatic rings. The minimum absolute atomic E-state index is 0.268. The van der Waals surface area contributed by atoms with Crippen LogP contribution in [0.15, 0.2) is 51.7 Å². The Kier molecular flexibility index (Phi) is 5.19. The Morgan fingerprint density at radius 2 is 2.00 bits per heavy atom. The lowest BCUT2D eigenvalue weighted by molar-refractivity contribution is 0.164. The number of fused-ring (bicyclic) bond motifs is 2. The highest BCUT2D eigenvalue weighted by atomic mass is 16.7. The summed E-state index contributed by atoms with van der Waals surface area (Å²) in [6.45, 7) is 5.36. The molecule has 162 valence electrons. The molecule has 2 atom stereocenters. The van der Waals surface area contributed by atoms with Crippen LogP contribution in [0.4, 0.5) is 5.69 Å². The van der Waals surface area contributed by atoms with Gasteiger partial charge < -0.3 is 23.9 Å². The maximum absolute atomic E-state index is 12.1. The molecule has 5 rings (SSSR count). The van der Waals surface area contributed by atoms with E-state index in [0.29, 0.717) is 18.3 Å². The molecule has 0 amide bonds. The van der Waals surface area contributed by atoms with Crippen molar-refractivity contribution < 1.29 is 18.6 Å². The molecule has 2 aliphatic heterocycles. The van der Waals surface area contributed by atoms with Gasteiger partial charge in [0.1, 0.15) is 11.3 Å². The summed E-state index contributed by atoms with van der Waals surface area (Å²) in [5.74, 6) is 2.79. The number of likely N-dealkylation sites (tertiary alicyclic amines) is 1. The van der Waals surface area contributed by atoms with Crippen molar-refractivity contribution in [2.75, 3.05) is 32.3 Å². The zero-order valence-corrected chi connectivity index (χ0v) is 17.7. The van der Waals surface area contributed by atoms with Gasteiger partial charge >= 0.3 is 5.63 Å². The standard InChI is InChI=1S/C24H26N2O5/c1-15-12-26(13-16-3-5-22-23(9-16)30-14-29-22)8-7-19(15)25-20-11-24(27)31-21-6-4-17(28-2)10-18(20)21/h3-6,9-11,15,19,25H,7-8,12-14H2,1-2H3/t15-,19?/m1/s1. The Hall–Kier alpha value is -3.19. The molecular formula is C24H26N2O5. The van der Waals surface area contributed by atoms with Gasteiger partial charge in [-0.15, -0.1) is 0 Å². The van der Waals surface area contributed by atoms with Gasteiger partial charge in [0, 0.05) is 37.1 Å². The van der Waals surface area contributed by atoms with Crippen LogP contribution in [0.3, 0.4) is 0 Å². The number of hydrogen-bond donors (Lipinski definition) is 1. The smallest absolute Gasteiger partial charge is 0.338 e. The molecule has 31 heavy (non-hydrogen) atoms. The van der Waals surface area contributed by atoms with E-state index in [0.717, 1.165) is 54.4 Å². The van der Waals surface area contributed by atoms with E-state index in [2.05, 4.69) is 29.3 Å². The maximum Gasteiger partial charge on any atom is 0.338 e. The molecule has 7 nitrogen and oxygen atoms in total. The number of hydrogen-bond acceptors (Lipinski definition) is 7. The van der Waals surface area contributed by atoms with Crippen molar-refractivity contribution in [2.45, 2.75) is 25.9 Å². The normalized spacial score (nSPS) is 20.7. The molecular weight excluding hydrogens is 396 g/mol. The Balaban J connectivity index is 1.29. The van der Waals surface area contributed by atoms with Crippen molar-refractivity contribution in [3.05, 3.63) is 58.4 Å². The summed E-state index contributed by atoms with van der Waals surface area (Å²) in [4.78, 5) is 14.5. The van der Waals surface area contributed by atoms with Crippen molar-refractivity contribution in [3.8, 4) is 17.2 Å². The first-order chi connectivity index (χ1) is 15.1. The minimum Gasteiger partial charge on any atom is -0.497 e. The molecule has 2 aromatic carbocycles. The van der Waals surface area contributed by atoms with Crippen molar-refractivity contribution in [2.24, 2.45) is 5.92 Å². The summed E-state index contributed by atoms with van der Waals surface area (Å²) in [5, 5.41) is 4.46. The summed E-state index contributed by atoms with van der Waals surface area (Å²) >= 11 is 0. The molecule has 7 heteroatoms. The Morgan fingerprint density at radius 3 is 2.84 bits per heavy atom. The van der Waals surface area contributed by atoms with Crippen LogP contribution in [-0.2, 0) is 6.54 Å². The molecule has 0 radical (unpaired) electrons. The first-order valence-electron chi connectivity index (χ1n) is 10.6. The summed E-state index contributed by atoms with van der Waals surface area (Å²) in [7, 11) is 1.63. The summed E-state index contributed by atoms with van der Waals surface area (Å²) in [6.07, 6.45) is 0.984. The quantitative estimate of drug-likeness (QED) is 0.626. The molecule has 3 heterocycles. The number of piperidine rings is 1. The number of ether oxygens (including phenoxy) is 3. The first-order valence-corrected chi connectivity index (χ1v) is 10.6. The van der Waals surface area contributed by atoms with Gasteiger partial charge in [0.15, 0.2) is 11.5 Å². The topological polar surface area (TPSA) is 73.2 Å². The van der Waals surface area contributed by atoms with Gasteiger partial charge in [0.25, 0.3) is 0 Å². The van der Waals surface area contributed by atoms with Gasteiger partial charge in [0.2, 0.25) is 6.79 Å². The number of rotatable bonds is 5. The zero-order valence-electron chi connectivity index (χ0n) is 17.7. The van der Waals surface area contributed by atoms with Gasteiger partial charge in [-0.2, -0.15) is 0 Å². The van der Waals surface area contributed by atoms with E-state index in [4.69, 9.17) is 18.6 Å². The van der Waals surface area contributed by atoms with Crippen LogP contribution in [0.25, 0.3) is 11.0 Å². The second-order valence-electron chi connectivity index (χ2n) is 8.28. The summed E-state index contributed by atoms with van der Waals surface area (Å²) in [5.41, 5.74) is 2.23. The molecule has 0 spiro atoms. The molecule has 2 aliphatic rings. The fourth-order valence-corrected chi connectivity index (χ4v) is 4.48. The number of benzene rings is 2. The predicted molar refractivity (Wildman–Crippen MR) is 118 cm³/mol. The third-order valence-corrected chi connectivity index (χ3v) is 6.12. The van der Waals surface area contributed by atoms with Gasteiger partial charge in [-0.25, -0.2) is 4.79 Å². The molecule has 1 unspecified atom stereocenters. The average Bonchev–Trinajstić information content (AvgIpc) is 3.23. The lowest BCUT2D eigenvalue weighted by Gasteiger charge is -2.38. The van der Waals surface area contributed by atoms with Crippen molar-refractivity contribution in [1.82, 2.24) is 4.90 Å². The third kappa shape index (κ3) is 4.05. The highest BCUT2D eigenvalue weighted by molar-refractivity contribution is 5.90. The van der Waals surface area contributed by atoms with Crippen LogP contribution in [0.1, 0.15) is 18.9 Å². The van der Waals surface area contributed by atoms with E-state index >= 15 is 0 Å². The SMILES string of the molecule is COc1ccc2oc(=O)cc(NC3CCN(Cc4ccc5c(c4)OCO5)C[C@H]3C)c2c1. The Bertz CT molecular complexity index is 1160. The van der Waals surface area contributed by atoms with Gasteiger partial charge in [-0.1, -0.05) is 13.0 Å². The molecule has 0 saturated carbocycles. The van der Waals surface area contributed by atoms with Crippen LogP contribution in [-0.4, -0.2) is 37.9 Å². The summed E-state index contributed by atoms with van der Waals surface area (Å²) < 4.78 is 21.6. The predicted octanol–water partition coefficient (Wildman–Crippen LogP) is 3.85. The van der Waals surface area contributed by atoms with Crippen LogP contribution in [0.5, 0.6) is 17.2 Å². The molecule has 1 saturated heterocycles. The van der Waals surface area contributed by atoms with E-state index < -0.39 is 0 Å². The fourth-order valence-electron chi connectivity index (χ4n) is 4.48. The van der Waals surface area contributed by atoms with Crippen LogP contribution in [0, 0.1) is 5.92 Å². The van der Waals surface area contributed by atoms with Gasteiger partial charge in [0.05, 0.1) is 12.8 Å². The number of methoxy groups -OCH3 is 1. The molecule has 1 aromatic heterocycles. The Morgan fingerprint density at radius 1 is 1.13 bits per heavy atom. The van der Waals surface area contributed by atoms with E-state index in [9.17, 15) is 4.79 Å². The number of anilines is 1. The largest absolute Gasteiger partial charge is 0.497 e. The van der Waals surface area contributed by atoms with Crippen molar-refractivity contribution >= 4 is 16.7 Å². The summed E-state index contributed by atoms with van der Waals surface area (Å²) in [6, 6.07) is 13.4. The highest BCUT2D eigenvalue weighted by Crippen LogP contribution is 2.33. The van der Waals surface area contributed by atoms with Gasteiger partial charge in [-0.3, -0.25) is 4.90 Å². The number of nitrogens with zero attached hydrogens (tertiary/aromatic N) is 1. The van der Waals surface area contributed by atoms with E-state index in [1.165, 1.54) is 11.6 Å². The number of nitrogens with one attached hydrogen (secondary N) is 1. The minimum atomic E-state index is -0.354. The fraction of sp³-hybridized carbons (Fsp3) is 0.375. The zero-order chi connectivity index (χ0) is 21.4. The van der Waals surface area contributed by atoms with Crippen molar-refractivity contribution in [1.29, 1.82) is 0 Å². The van der Waals surface area contributed by atoms with Crippen molar-refractivity contribution in [3.63, 3.8) is 0 Å². The molecule has 1 fully saturated rings. The van der Waals surface area contributed by atoms with E-state index in [1.54, 1.807) is 19.2 Å².